The smallest absolute Gasteiger partial charge is 0.259 e. The van der Waals surface area contributed by atoms with E-state index in [2.05, 4.69) is 5.32 Å². The molecule has 2 aromatic carbocycles. The van der Waals surface area contributed by atoms with Gasteiger partial charge in [0.05, 0.1) is 6.61 Å². The molecule has 0 radical (unpaired) electrons. The second-order valence-corrected chi connectivity index (χ2v) is 8.90. The lowest BCUT2D eigenvalue weighted by Crippen LogP contribution is -2.55. The van der Waals surface area contributed by atoms with Gasteiger partial charge >= 0.3 is 0 Å². The number of nitrogen functional groups attached to an aromatic ring is 1. The van der Waals surface area contributed by atoms with Crippen LogP contribution in [0.3, 0.4) is 0 Å². The summed E-state index contributed by atoms with van der Waals surface area (Å²) in [7, 11) is 0. The number of benzene rings is 2. The highest BCUT2D eigenvalue weighted by Gasteiger charge is 2.40. The molecule has 2 aliphatic heterocycles. The minimum absolute atomic E-state index is 0.0297. The number of aliphatic hydroxyl groups is 1. The monoisotopic (exact) mass is 515 g/mol. The molecule has 2 aromatic rings. The first-order chi connectivity index (χ1) is 17.6. The second-order valence-electron chi connectivity index (χ2n) is 8.90. The van der Waals surface area contributed by atoms with Gasteiger partial charge in [-0.25, -0.2) is 8.78 Å². The second kappa shape index (κ2) is 10.6. The quantitative estimate of drug-likeness (QED) is 0.339. The number of amides is 3. The summed E-state index contributed by atoms with van der Waals surface area (Å²) in [6, 6.07) is 12.2. The van der Waals surface area contributed by atoms with Crippen LogP contribution in [0, 0.1) is 5.41 Å². The molecule has 0 spiro atoms. The molecule has 0 aliphatic carbocycles. The Morgan fingerprint density at radius 2 is 1.65 bits per heavy atom. The summed E-state index contributed by atoms with van der Waals surface area (Å²) in [5, 5.41) is 20.4. The highest BCUT2D eigenvalue weighted by atomic mass is 19.3. The molecule has 2 aliphatic rings. The van der Waals surface area contributed by atoms with Gasteiger partial charge in [0.25, 0.3) is 23.6 Å². The Hall–Kier alpha value is -3.90. The maximum Gasteiger partial charge on any atom is 0.259 e. The Balaban J connectivity index is 1.39. The molecule has 0 saturated carbocycles. The fourth-order valence-electron chi connectivity index (χ4n) is 4.18. The normalized spacial score (nSPS) is 20.3. The first-order valence-corrected chi connectivity index (χ1v) is 11.7. The number of alkyl halides is 2. The topological polar surface area (TPSA) is 149 Å². The van der Waals surface area contributed by atoms with E-state index in [1.54, 1.807) is 12.1 Å². The first-order valence-electron chi connectivity index (χ1n) is 11.7. The predicted octanol–water partition coefficient (Wildman–Crippen LogP) is 1.57. The number of ether oxygens (including phenoxy) is 1. The predicted molar refractivity (Wildman–Crippen MR) is 131 cm³/mol. The number of morpholine rings is 1. The van der Waals surface area contributed by atoms with Gasteiger partial charge in [0.15, 0.2) is 12.2 Å². The number of aliphatic hydroxyl groups excluding tert-OH is 1. The number of anilines is 2. The third kappa shape index (κ3) is 5.92. The summed E-state index contributed by atoms with van der Waals surface area (Å²) in [5.41, 5.74) is 6.95. The number of hydrogen-bond donors (Lipinski definition) is 4. The van der Waals surface area contributed by atoms with Crippen LogP contribution in [-0.4, -0.2) is 77.9 Å². The van der Waals surface area contributed by atoms with Crippen LogP contribution in [0.4, 0.5) is 20.2 Å². The minimum Gasteiger partial charge on any atom is -0.384 e. The number of nitrogens with two attached hydrogens (primary N) is 1. The van der Waals surface area contributed by atoms with Crippen molar-refractivity contribution in [1.82, 2.24) is 4.90 Å². The highest BCUT2D eigenvalue weighted by Crippen LogP contribution is 2.29. The van der Waals surface area contributed by atoms with Crippen LogP contribution in [0.25, 0.3) is 0 Å². The van der Waals surface area contributed by atoms with Crippen LogP contribution in [0.2, 0.25) is 0 Å². The zero-order chi connectivity index (χ0) is 26.7. The van der Waals surface area contributed by atoms with Crippen molar-refractivity contribution in [3.05, 3.63) is 59.7 Å². The molecule has 1 unspecified atom stereocenters. The molecule has 10 nitrogen and oxygen atoms in total. The Morgan fingerprint density at radius 3 is 2.24 bits per heavy atom. The van der Waals surface area contributed by atoms with E-state index in [9.17, 15) is 28.3 Å². The number of likely N-dealkylation sites (tertiary alicyclic amines) is 1. The molecule has 5 N–H and O–H groups in total. The number of carbonyl (C=O) groups is 3. The van der Waals surface area contributed by atoms with Crippen molar-refractivity contribution in [2.45, 2.75) is 31.0 Å². The van der Waals surface area contributed by atoms with Gasteiger partial charge in [-0.2, -0.15) is 0 Å². The molecule has 37 heavy (non-hydrogen) atoms. The van der Waals surface area contributed by atoms with Gasteiger partial charge in [0, 0.05) is 55.0 Å². The molecule has 0 aromatic heterocycles. The zero-order valence-corrected chi connectivity index (χ0v) is 19.8. The number of rotatable bonds is 6. The number of amidine groups is 1. The Labute approximate surface area is 211 Å². The summed E-state index contributed by atoms with van der Waals surface area (Å²) >= 11 is 0. The van der Waals surface area contributed by atoms with Crippen LogP contribution in [0.1, 0.15) is 28.8 Å². The fraction of sp³-hybridized carbons (Fsp3) is 0.360. The van der Waals surface area contributed by atoms with E-state index in [1.165, 1.54) is 46.2 Å². The van der Waals surface area contributed by atoms with Gasteiger partial charge in [0.1, 0.15) is 5.84 Å². The van der Waals surface area contributed by atoms with E-state index in [1.807, 2.05) is 0 Å². The molecule has 196 valence electrons. The Morgan fingerprint density at radius 1 is 1.05 bits per heavy atom. The van der Waals surface area contributed by atoms with Crippen LogP contribution in [0.5, 0.6) is 0 Å². The van der Waals surface area contributed by atoms with E-state index < -0.39 is 29.9 Å². The van der Waals surface area contributed by atoms with Gasteiger partial charge in [0.2, 0.25) is 0 Å². The van der Waals surface area contributed by atoms with Crippen molar-refractivity contribution < 1.29 is 33.0 Å². The molecule has 3 amide bonds. The maximum atomic E-state index is 13.4. The molecule has 12 heteroatoms. The standard InChI is InChI=1S/C25H27F2N5O5/c26-25(27)9-11-31(12-10-25)23(35)16-3-7-18(8-4-16)32-13-14-37-20(24(32)36)19(33)22(34)30-17-5-1-15(2-6-17)21(28)29/h1-8,19-20,33H,9-14H2,(H3,28,29)(H,30,34)/t19?,20-/m1/s1. The molecule has 2 heterocycles. The summed E-state index contributed by atoms with van der Waals surface area (Å²) in [6.07, 6.45) is -3.98. The number of carbonyl (C=O) groups excluding carboxylic acids is 3. The van der Waals surface area contributed by atoms with Crippen molar-refractivity contribution in [3.8, 4) is 0 Å². The summed E-state index contributed by atoms with van der Waals surface area (Å²) < 4.78 is 32.2. The van der Waals surface area contributed by atoms with E-state index in [0.29, 0.717) is 22.5 Å². The summed E-state index contributed by atoms with van der Waals surface area (Å²) in [6.45, 7) is 0.178. The van der Waals surface area contributed by atoms with Gasteiger partial charge in [-0.1, -0.05) is 0 Å². The average Bonchev–Trinajstić information content (AvgIpc) is 2.88. The Kier molecular flexibility index (Phi) is 7.50. The lowest BCUT2D eigenvalue weighted by atomic mass is 10.0. The highest BCUT2D eigenvalue weighted by molar-refractivity contribution is 6.04. The largest absolute Gasteiger partial charge is 0.384 e. The van der Waals surface area contributed by atoms with E-state index in [-0.39, 0.29) is 50.8 Å². The fourth-order valence-corrected chi connectivity index (χ4v) is 4.18. The SMILES string of the molecule is N=C(N)c1ccc(NC(=O)C(O)[C@H]2OCCN(c3ccc(C(=O)N4CCC(F)(F)CC4)cc3)C2=O)cc1. The molecule has 4 rings (SSSR count). The van der Waals surface area contributed by atoms with Gasteiger partial charge in [-0.15, -0.1) is 0 Å². The molecule has 2 atom stereocenters. The van der Waals surface area contributed by atoms with Crippen LogP contribution in [-0.2, 0) is 14.3 Å². The number of hydrogen-bond acceptors (Lipinski definition) is 6. The number of piperidine rings is 1. The van der Waals surface area contributed by atoms with Crippen LogP contribution >= 0.6 is 0 Å². The minimum atomic E-state index is -2.75. The first kappa shape index (κ1) is 26.2. The molecular formula is C25H27F2N5O5. The van der Waals surface area contributed by atoms with Crippen LogP contribution in [0.15, 0.2) is 48.5 Å². The molecular weight excluding hydrogens is 488 g/mol. The molecule has 2 fully saturated rings. The maximum absolute atomic E-state index is 13.4. The van der Waals surface area contributed by atoms with Gasteiger partial charge < -0.3 is 30.7 Å². The lowest BCUT2D eigenvalue weighted by molar-refractivity contribution is -0.150. The average molecular weight is 516 g/mol. The summed E-state index contributed by atoms with van der Waals surface area (Å²) in [4.78, 5) is 41.0. The number of nitrogens with one attached hydrogen (secondary N) is 2. The molecule has 2 saturated heterocycles. The number of halogens is 2. The van der Waals surface area contributed by atoms with Crippen molar-refractivity contribution in [1.29, 1.82) is 5.41 Å². The lowest BCUT2D eigenvalue weighted by Gasteiger charge is -2.34. The Bertz CT molecular complexity index is 1180. The van der Waals surface area contributed by atoms with Crippen molar-refractivity contribution in [2.75, 3.05) is 36.5 Å². The van der Waals surface area contributed by atoms with Crippen molar-refractivity contribution >= 4 is 34.9 Å². The third-order valence-corrected chi connectivity index (χ3v) is 6.35. The summed E-state index contributed by atoms with van der Waals surface area (Å²) in [5.74, 6) is -4.72. The van der Waals surface area contributed by atoms with Crippen LogP contribution < -0.4 is 16.0 Å². The van der Waals surface area contributed by atoms with Gasteiger partial charge in [-0.3, -0.25) is 19.8 Å². The molecule has 0 bridgehead atoms. The number of nitrogens with zero attached hydrogens (tertiary/aromatic N) is 2. The van der Waals surface area contributed by atoms with E-state index >= 15 is 0 Å². The van der Waals surface area contributed by atoms with Crippen molar-refractivity contribution in [2.24, 2.45) is 5.73 Å². The van der Waals surface area contributed by atoms with Crippen molar-refractivity contribution in [3.63, 3.8) is 0 Å². The van der Waals surface area contributed by atoms with E-state index in [4.69, 9.17) is 15.9 Å². The zero-order valence-electron chi connectivity index (χ0n) is 19.8. The third-order valence-electron chi connectivity index (χ3n) is 6.35. The van der Waals surface area contributed by atoms with E-state index in [0.717, 1.165) is 0 Å². The van der Waals surface area contributed by atoms with Gasteiger partial charge in [-0.05, 0) is 48.5 Å².